The molecule has 0 spiro atoms. The quantitative estimate of drug-likeness (QED) is 0.335. The third-order valence-corrected chi connectivity index (χ3v) is 6.63. The number of aliphatic carboxylic acids is 1. The number of hydrogen-bond donors (Lipinski definition) is 4. The van der Waals surface area contributed by atoms with E-state index in [0.29, 0.717) is 6.54 Å². The highest BCUT2D eigenvalue weighted by Crippen LogP contribution is 2.46. The van der Waals surface area contributed by atoms with Crippen LogP contribution in [0.1, 0.15) is 67.4 Å². The van der Waals surface area contributed by atoms with Crippen molar-refractivity contribution in [3.8, 4) is 0 Å². The SMILES string of the molecule is CC(C)(CNc1c(C(C)(C)C(C)(C)C(=O)O)cnc2ccccc12)CC(C)(C)N=C(N)N. The maximum atomic E-state index is 12.1. The molecular formula is C25H39N5O2. The molecule has 32 heavy (non-hydrogen) atoms. The number of pyridine rings is 1. The van der Waals surface area contributed by atoms with Crippen molar-refractivity contribution in [2.75, 3.05) is 11.9 Å². The van der Waals surface area contributed by atoms with Crippen LogP contribution in [0.25, 0.3) is 10.9 Å². The van der Waals surface area contributed by atoms with E-state index in [2.05, 4.69) is 29.1 Å². The van der Waals surface area contributed by atoms with E-state index in [1.807, 2.05) is 58.2 Å². The Morgan fingerprint density at radius 3 is 2.22 bits per heavy atom. The second-order valence-corrected chi connectivity index (χ2v) is 11.2. The Balaban J connectivity index is 2.52. The van der Waals surface area contributed by atoms with Crippen molar-refractivity contribution < 1.29 is 9.90 Å². The molecule has 0 saturated carbocycles. The number of para-hydroxylation sites is 1. The number of anilines is 1. The summed E-state index contributed by atoms with van der Waals surface area (Å²) in [4.78, 5) is 21.1. The Labute approximate surface area is 191 Å². The highest BCUT2D eigenvalue weighted by Gasteiger charge is 2.46. The summed E-state index contributed by atoms with van der Waals surface area (Å²) in [6, 6.07) is 7.91. The second-order valence-electron chi connectivity index (χ2n) is 11.2. The lowest BCUT2D eigenvalue weighted by atomic mass is 9.64. The van der Waals surface area contributed by atoms with E-state index in [0.717, 1.165) is 28.6 Å². The predicted octanol–water partition coefficient (Wildman–Crippen LogP) is 4.50. The van der Waals surface area contributed by atoms with E-state index in [4.69, 9.17) is 11.5 Å². The molecule has 7 nitrogen and oxygen atoms in total. The maximum absolute atomic E-state index is 12.1. The Kier molecular flexibility index (Phi) is 6.84. The molecule has 1 heterocycles. The molecule has 0 atom stereocenters. The fourth-order valence-electron chi connectivity index (χ4n) is 4.36. The van der Waals surface area contributed by atoms with Crippen LogP contribution in [0.2, 0.25) is 0 Å². The Bertz CT molecular complexity index is 1020. The van der Waals surface area contributed by atoms with Crippen LogP contribution in [0.5, 0.6) is 0 Å². The first kappa shape index (κ1) is 25.4. The number of aromatic nitrogens is 1. The Morgan fingerprint density at radius 1 is 1.06 bits per heavy atom. The number of carboxylic acid groups (broad SMARTS) is 1. The lowest BCUT2D eigenvalue weighted by molar-refractivity contribution is -0.150. The van der Waals surface area contributed by atoms with E-state index in [1.54, 1.807) is 13.8 Å². The molecule has 0 aliphatic rings. The van der Waals surface area contributed by atoms with Gasteiger partial charge in [-0.2, -0.15) is 0 Å². The summed E-state index contributed by atoms with van der Waals surface area (Å²) in [6.45, 7) is 16.5. The molecule has 1 aromatic heterocycles. The fraction of sp³-hybridized carbons (Fsp3) is 0.560. The number of fused-ring (bicyclic) bond motifs is 1. The standard InChI is InChI=1S/C25H39N5O2/c1-22(2,14-23(3,4)30-21(26)27)15-29-19-16-11-9-10-12-18(16)28-13-17(19)24(5,6)25(7,8)20(31)32/h9-13H,14-15H2,1-8H3,(H,28,29)(H,31,32)(H4,26,27,30). The molecule has 176 valence electrons. The monoisotopic (exact) mass is 441 g/mol. The maximum Gasteiger partial charge on any atom is 0.309 e. The molecule has 0 radical (unpaired) electrons. The summed E-state index contributed by atoms with van der Waals surface area (Å²) in [5.74, 6) is -0.764. The summed E-state index contributed by atoms with van der Waals surface area (Å²) in [5, 5.41) is 14.5. The molecule has 0 amide bonds. The summed E-state index contributed by atoms with van der Waals surface area (Å²) < 4.78 is 0. The molecule has 7 heteroatoms. The molecule has 0 unspecified atom stereocenters. The normalized spacial score (nSPS) is 13.1. The first-order valence-corrected chi connectivity index (χ1v) is 11.0. The number of aliphatic imine (C=N–C) groups is 1. The number of benzene rings is 1. The van der Waals surface area contributed by atoms with E-state index in [9.17, 15) is 9.90 Å². The zero-order valence-electron chi connectivity index (χ0n) is 20.7. The van der Waals surface area contributed by atoms with Crippen molar-refractivity contribution in [1.82, 2.24) is 4.98 Å². The summed E-state index contributed by atoms with van der Waals surface area (Å²) in [5.41, 5.74) is 11.7. The van der Waals surface area contributed by atoms with Gasteiger partial charge in [-0.05, 0) is 45.6 Å². The molecule has 0 saturated heterocycles. The fourth-order valence-corrected chi connectivity index (χ4v) is 4.36. The van der Waals surface area contributed by atoms with Gasteiger partial charge in [0, 0.05) is 34.8 Å². The minimum absolute atomic E-state index is 0.0822. The van der Waals surface area contributed by atoms with Crippen molar-refractivity contribution in [3.05, 3.63) is 36.0 Å². The third kappa shape index (κ3) is 5.31. The molecular weight excluding hydrogens is 402 g/mol. The van der Waals surface area contributed by atoms with Crippen LogP contribution in [-0.4, -0.2) is 34.1 Å². The van der Waals surface area contributed by atoms with Crippen LogP contribution in [0, 0.1) is 10.8 Å². The highest BCUT2D eigenvalue weighted by molar-refractivity contribution is 5.93. The van der Waals surface area contributed by atoms with Gasteiger partial charge in [0.25, 0.3) is 0 Å². The van der Waals surface area contributed by atoms with Gasteiger partial charge in [0.15, 0.2) is 5.96 Å². The van der Waals surface area contributed by atoms with Crippen molar-refractivity contribution in [1.29, 1.82) is 0 Å². The number of nitrogens with two attached hydrogens (primary N) is 2. The van der Waals surface area contributed by atoms with Gasteiger partial charge in [0.05, 0.1) is 16.5 Å². The second kappa shape index (κ2) is 8.60. The summed E-state index contributed by atoms with van der Waals surface area (Å²) in [7, 11) is 0. The van der Waals surface area contributed by atoms with Crippen LogP contribution in [0.3, 0.4) is 0 Å². The number of rotatable bonds is 9. The number of nitrogens with zero attached hydrogens (tertiary/aromatic N) is 2. The van der Waals surface area contributed by atoms with Crippen LogP contribution >= 0.6 is 0 Å². The van der Waals surface area contributed by atoms with Gasteiger partial charge in [-0.15, -0.1) is 0 Å². The molecule has 1 aromatic carbocycles. The Hall–Kier alpha value is -2.83. The molecule has 2 rings (SSSR count). The summed E-state index contributed by atoms with van der Waals surface area (Å²) in [6.07, 6.45) is 2.57. The van der Waals surface area contributed by atoms with E-state index < -0.39 is 22.3 Å². The van der Waals surface area contributed by atoms with E-state index in [1.165, 1.54) is 0 Å². The lowest BCUT2D eigenvalue weighted by Gasteiger charge is -2.40. The molecule has 0 fully saturated rings. The highest BCUT2D eigenvalue weighted by atomic mass is 16.4. The van der Waals surface area contributed by atoms with Gasteiger partial charge >= 0.3 is 5.97 Å². The number of hydrogen-bond acceptors (Lipinski definition) is 4. The minimum atomic E-state index is -1.00. The molecule has 6 N–H and O–H groups in total. The van der Waals surface area contributed by atoms with Crippen LogP contribution in [0.4, 0.5) is 5.69 Å². The Morgan fingerprint density at radius 2 is 1.66 bits per heavy atom. The zero-order valence-corrected chi connectivity index (χ0v) is 20.7. The van der Waals surface area contributed by atoms with Gasteiger partial charge < -0.3 is 21.9 Å². The summed E-state index contributed by atoms with van der Waals surface area (Å²) >= 11 is 0. The number of nitrogens with one attached hydrogen (secondary N) is 1. The minimum Gasteiger partial charge on any atom is -0.481 e. The van der Waals surface area contributed by atoms with Gasteiger partial charge in [0.2, 0.25) is 0 Å². The van der Waals surface area contributed by atoms with Crippen molar-refractivity contribution in [2.45, 2.75) is 72.8 Å². The van der Waals surface area contributed by atoms with E-state index >= 15 is 0 Å². The van der Waals surface area contributed by atoms with Crippen LogP contribution < -0.4 is 16.8 Å². The number of carboxylic acids is 1. The van der Waals surface area contributed by atoms with Gasteiger partial charge in [-0.1, -0.05) is 45.9 Å². The predicted molar refractivity (Wildman–Crippen MR) is 133 cm³/mol. The average Bonchev–Trinajstić information content (AvgIpc) is 2.63. The molecule has 0 aliphatic heterocycles. The average molecular weight is 442 g/mol. The van der Waals surface area contributed by atoms with Gasteiger partial charge in [-0.3, -0.25) is 9.78 Å². The number of guanidine groups is 1. The first-order chi connectivity index (χ1) is 14.5. The molecule has 0 bridgehead atoms. The number of carbonyl (C=O) groups is 1. The third-order valence-electron chi connectivity index (χ3n) is 6.63. The van der Waals surface area contributed by atoms with Crippen molar-refractivity contribution >= 4 is 28.5 Å². The molecule has 0 aliphatic carbocycles. The van der Waals surface area contributed by atoms with Crippen molar-refractivity contribution in [2.24, 2.45) is 27.3 Å². The van der Waals surface area contributed by atoms with Crippen molar-refractivity contribution in [3.63, 3.8) is 0 Å². The lowest BCUT2D eigenvalue weighted by Crippen LogP contribution is -2.43. The van der Waals surface area contributed by atoms with Gasteiger partial charge in [-0.25, -0.2) is 4.99 Å². The smallest absolute Gasteiger partial charge is 0.309 e. The van der Waals surface area contributed by atoms with Gasteiger partial charge in [0.1, 0.15) is 0 Å². The van der Waals surface area contributed by atoms with Crippen LogP contribution in [-0.2, 0) is 10.2 Å². The molecule has 2 aromatic rings. The van der Waals surface area contributed by atoms with Crippen LogP contribution in [0.15, 0.2) is 35.5 Å². The first-order valence-electron chi connectivity index (χ1n) is 11.0. The largest absolute Gasteiger partial charge is 0.481 e. The topological polar surface area (TPSA) is 127 Å². The zero-order chi connectivity index (χ0) is 24.5. The van der Waals surface area contributed by atoms with E-state index in [-0.39, 0.29) is 11.4 Å².